The van der Waals surface area contributed by atoms with E-state index in [1.807, 2.05) is 6.92 Å². The molecule has 0 aliphatic heterocycles. The molecule has 1 aromatic heterocycles. The Balaban J connectivity index is 2.02. The number of hydrogen-bond donors (Lipinski definition) is 1. The Morgan fingerprint density at radius 1 is 1.43 bits per heavy atom. The van der Waals surface area contributed by atoms with E-state index < -0.39 is 5.82 Å². The predicted molar refractivity (Wildman–Crippen MR) is 75.0 cm³/mol. The first kappa shape index (κ1) is 15.0. The van der Waals surface area contributed by atoms with Crippen LogP contribution in [0.1, 0.15) is 24.7 Å². The summed E-state index contributed by atoms with van der Waals surface area (Å²) in [5, 5.41) is 12.7. The van der Waals surface area contributed by atoms with E-state index in [1.165, 1.54) is 12.4 Å². The molecule has 5 nitrogen and oxygen atoms in total. The van der Waals surface area contributed by atoms with Crippen molar-refractivity contribution in [2.45, 2.75) is 26.5 Å². The third kappa shape index (κ3) is 4.04. The quantitative estimate of drug-likeness (QED) is 0.852. The topological polar surface area (TPSA) is 60.2 Å². The maximum Gasteiger partial charge on any atom is 0.164 e. The van der Waals surface area contributed by atoms with E-state index >= 15 is 0 Å². The predicted octanol–water partition coefficient (Wildman–Crippen LogP) is 1.75. The van der Waals surface area contributed by atoms with Crippen molar-refractivity contribution in [1.29, 1.82) is 0 Å². The minimum Gasteiger partial charge on any atom is -0.486 e. The van der Waals surface area contributed by atoms with E-state index in [9.17, 15) is 4.39 Å². The molecule has 2 rings (SSSR count). The molecule has 1 aromatic carbocycles. The monoisotopic (exact) mass is 289 g/mol. The first-order valence-corrected chi connectivity index (χ1v) is 6.63. The number of aryl methyl sites for hydroxylation is 1. The second kappa shape index (κ2) is 7.41. The molecule has 2 aromatic rings. The summed E-state index contributed by atoms with van der Waals surface area (Å²) >= 11 is 0. The summed E-state index contributed by atoms with van der Waals surface area (Å²) in [4.78, 5) is 4.08. The van der Waals surface area contributed by atoms with Crippen LogP contribution in [-0.2, 0) is 13.2 Å². The molecule has 21 heavy (non-hydrogen) atoms. The maximum absolute atomic E-state index is 13.8. The van der Waals surface area contributed by atoms with Crippen LogP contribution in [0.25, 0.3) is 0 Å². The molecule has 0 radical (unpaired) electrons. The van der Waals surface area contributed by atoms with Gasteiger partial charge in [-0.05, 0) is 19.1 Å². The second-order valence-corrected chi connectivity index (χ2v) is 4.20. The molecule has 0 spiro atoms. The van der Waals surface area contributed by atoms with Gasteiger partial charge in [0.1, 0.15) is 24.5 Å². The highest BCUT2D eigenvalue weighted by Crippen LogP contribution is 2.17. The van der Waals surface area contributed by atoms with Crippen molar-refractivity contribution in [1.82, 2.24) is 14.8 Å². The van der Waals surface area contributed by atoms with Crippen LogP contribution in [-0.4, -0.2) is 26.5 Å². The van der Waals surface area contributed by atoms with Crippen LogP contribution in [0.15, 0.2) is 24.5 Å². The van der Waals surface area contributed by atoms with Gasteiger partial charge in [-0.2, -0.15) is 5.10 Å². The van der Waals surface area contributed by atoms with Crippen LogP contribution >= 0.6 is 0 Å². The fourth-order valence-electron chi connectivity index (χ4n) is 1.71. The average molecular weight is 289 g/mol. The fourth-order valence-corrected chi connectivity index (χ4v) is 1.71. The normalized spacial score (nSPS) is 10.0. The molecule has 0 atom stereocenters. The number of nitrogens with zero attached hydrogens (tertiary/aromatic N) is 3. The van der Waals surface area contributed by atoms with Crippen LogP contribution in [0.4, 0.5) is 4.39 Å². The Labute approximate surface area is 122 Å². The van der Waals surface area contributed by atoms with Crippen molar-refractivity contribution < 1.29 is 14.2 Å². The van der Waals surface area contributed by atoms with Gasteiger partial charge in [0, 0.05) is 19.0 Å². The zero-order valence-corrected chi connectivity index (χ0v) is 11.7. The molecule has 0 saturated carbocycles. The molecule has 0 saturated heterocycles. The average Bonchev–Trinajstić information content (AvgIpc) is 2.95. The van der Waals surface area contributed by atoms with Crippen LogP contribution in [0.5, 0.6) is 5.75 Å². The van der Waals surface area contributed by atoms with Crippen LogP contribution < -0.4 is 4.74 Å². The summed E-state index contributed by atoms with van der Waals surface area (Å²) in [6.45, 7) is 2.85. The van der Waals surface area contributed by atoms with Gasteiger partial charge < -0.3 is 9.84 Å². The smallest absolute Gasteiger partial charge is 0.164 e. The third-order valence-corrected chi connectivity index (χ3v) is 2.76. The summed E-state index contributed by atoms with van der Waals surface area (Å²) in [6.07, 6.45) is 1.78. The number of rotatable bonds is 5. The molecule has 0 fully saturated rings. The van der Waals surface area contributed by atoms with Crippen LogP contribution in [0.3, 0.4) is 0 Å². The Kier molecular flexibility index (Phi) is 5.29. The number of aliphatic hydroxyl groups excluding tert-OH is 1. The highest BCUT2D eigenvalue weighted by molar-refractivity contribution is 5.39. The van der Waals surface area contributed by atoms with Crippen molar-refractivity contribution >= 4 is 0 Å². The van der Waals surface area contributed by atoms with Gasteiger partial charge in [0.25, 0.3) is 0 Å². The van der Waals surface area contributed by atoms with Gasteiger partial charge in [-0.1, -0.05) is 11.8 Å². The first-order chi connectivity index (χ1) is 10.2. The molecule has 1 heterocycles. The van der Waals surface area contributed by atoms with Crippen molar-refractivity contribution in [2.24, 2.45) is 0 Å². The molecule has 0 aliphatic carbocycles. The molecular weight excluding hydrogens is 273 g/mol. The number of halogens is 1. The SMILES string of the molecule is CCn1ncnc1COc1ccc(C#CCCO)c(F)c1. The largest absolute Gasteiger partial charge is 0.486 e. The van der Waals surface area contributed by atoms with E-state index in [1.54, 1.807) is 16.8 Å². The van der Waals surface area contributed by atoms with Gasteiger partial charge in [-0.15, -0.1) is 0 Å². The molecule has 0 aliphatic rings. The maximum atomic E-state index is 13.8. The zero-order valence-electron chi connectivity index (χ0n) is 11.7. The Morgan fingerprint density at radius 2 is 2.29 bits per heavy atom. The van der Waals surface area contributed by atoms with E-state index in [0.29, 0.717) is 24.5 Å². The van der Waals surface area contributed by atoms with Gasteiger partial charge in [0.2, 0.25) is 0 Å². The molecule has 1 N–H and O–H groups in total. The van der Waals surface area contributed by atoms with E-state index in [-0.39, 0.29) is 18.8 Å². The summed E-state index contributed by atoms with van der Waals surface area (Å²) in [5.74, 6) is 5.98. The Hall–Kier alpha value is -2.39. The molecule has 0 unspecified atom stereocenters. The van der Waals surface area contributed by atoms with Gasteiger partial charge in [0.05, 0.1) is 12.2 Å². The zero-order chi connectivity index (χ0) is 15.1. The number of hydrogen-bond acceptors (Lipinski definition) is 4. The highest BCUT2D eigenvalue weighted by atomic mass is 19.1. The van der Waals surface area contributed by atoms with Crippen molar-refractivity contribution in [3.63, 3.8) is 0 Å². The summed E-state index contributed by atoms with van der Waals surface area (Å²) < 4.78 is 21.0. The van der Waals surface area contributed by atoms with Crippen LogP contribution in [0, 0.1) is 17.7 Å². The number of aromatic nitrogens is 3. The van der Waals surface area contributed by atoms with Crippen molar-refractivity contribution in [3.05, 3.63) is 41.7 Å². The Bertz CT molecular complexity index is 658. The van der Waals surface area contributed by atoms with E-state index in [4.69, 9.17) is 9.84 Å². The standard InChI is InChI=1S/C15H16FN3O2/c1-2-19-15(17-11-18-19)10-21-13-7-6-12(14(16)9-13)5-3-4-8-20/h6-7,9,11,20H,2,4,8,10H2,1H3. The van der Waals surface area contributed by atoms with Gasteiger partial charge in [-0.25, -0.2) is 14.1 Å². The second-order valence-electron chi connectivity index (χ2n) is 4.20. The van der Waals surface area contributed by atoms with Crippen molar-refractivity contribution in [3.8, 4) is 17.6 Å². The number of aliphatic hydroxyl groups is 1. The van der Waals surface area contributed by atoms with Crippen molar-refractivity contribution in [2.75, 3.05) is 6.61 Å². The first-order valence-electron chi connectivity index (χ1n) is 6.63. The van der Waals surface area contributed by atoms with Crippen LogP contribution in [0.2, 0.25) is 0 Å². The number of benzene rings is 1. The third-order valence-electron chi connectivity index (χ3n) is 2.76. The molecular formula is C15H16FN3O2. The van der Waals surface area contributed by atoms with E-state index in [2.05, 4.69) is 21.9 Å². The Morgan fingerprint density at radius 3 is 3.00 bits per heavy atom. The minimum absolute atomic E-state index is 0.0338. The lowest BCUT2D eigenvalue weighted by molar-refractivity contribution is 0.286. The molecule has 6 heteroatoms. The van der Waals surface area contributed by atoms with E-state index in [0.717, 1.165) is 0 Å². The minimum atomic E-state index is -0.449. The lowest BCUT2D eigenvalue weighted by Crippen LogP contribution is -2.07. The molecule has 0 amide bonds. The number of ether oxygens (including phenoxy) is 1. The fraction of sp³-hybridized carbons (Fsp3) is 0.333. The highest BCUT2D eigenvalue weighted by Gasteiger charge is 2.06. The summed E-state index contributed by atoms with van der Waals surface area (Å²) in [7, 11) is 0. The molecule has 110 valence electrons. The summed E-state index contributed by atoms with van der Waals surface area (Å²) in [6, 6.07) is 4.49. The molecule has 0 bridgehead atoms. The van der Waals surface area contributed by atoms with Gasteiger partial charge in [0.15, 0.2) is 5.82 Å². The lowest BCUT2D eigenvalue weighted by Gasteiger charge is -2.07. The van der Waals surface area contributed by atoms with Gasteiger partial charge >= 0.3 is 0 Å². The van der Waals surface area contributed by atoms with Gasteiger partial charge in [-0.3, -0.25) is 0 Å². The lowest BCUT2D eigenvalue weighted by atomic mass is 10.2. The summed E-state index contributed by atoms with van der Waals surface area (Å²) in [5.41, 5.74) is 0.285.